The van der Waals surface area contributed by atoms with Crippen molar-refractivity contribution in [1.82, 2.24) is 36.4 Å². The second kappa shape index (κ2) is 32.7. The quantitative estimate of drug-likeness (QED) is 0.0790. The first-order valence-electron chi connectivity index (χ1n) is 26.7. The Labute approximate surface area is 426 Å². The zero-order valence-electron chi connectivity index (χ0n) is 43.5. The highest BCUT2D eigenvalue weighted by Gasteiger charge is 2.43. The minimum Gasteiger partial charge on any atom is -0.508 e. The van der Waals surface area contributed by atoms with Gasteiger partial charge in [0.15, 0.2) is 0 Å². The number of carbonyl (C=O) groups is 8. The predicted octanol–water partition coefficient (Wildman–Crippen LogP) is 1.90. The van der Waals surface area contributed by atoms with E-state index >= 15 is 0 Å². The number of aliphatic hydroxyl groups is 1. The van der Waals surface area contributed by atoms with Crippen molar-refractivity contribution < 1.29 is 48.6 Å². The third-order valence-electron chi connectivity index (χ3n) is 14.0. The number of hydrogen-bond acceptors (Lipinski definition) is 12. The fraction of sp³-hybridized carbons (Fsp3) is 0.731. The molecule has 20 nitrogen and oxygen atoms in total. The molecule has 6 unspecified atom stereocenters. The van der Waals surface area contributed by atoms with Gasteiger partial charge in [-0.1, -0.05) is 84.8 Å². The Morgan fingerprint density at radius 2 is 1.38 bits per heavy atom. The number of nitrogens with two attached hydrogens (primary N) is 3. The van der Waals surface area contributed by atoms with Gasteiger partial charge in [0.05, 0.1) is 6.10 Å². The number of primary amides is 1. The van der Waals surface area contributed by atoms with E-state index in [4.69, 9.17) is 17.2 Å². The molecule has 72 heavy (non-hydrogen) atoms. The molecule has 3 heterocycles. The van der Waals surface area contributed by atoms with Gasteiger partial charge in [-0.25, -0.2) is 0 Å². The lowest BCUT2D eigenvalue weighted by Crippen LogP contribution is -2.59. The summed E-state index contributed by atoms with van der Waals surface area (Å²) in [5, 5.41) is 34.6. The van der Waals surface area contributed by atoms with E-state index in [2.05, 4.69) is 47.4 Å². The first-order valence-corrected chi connectivity index (χ1v) is 26.7. The number of carbonyl (C=O) groups excluding carboxylic acids is 8. The number of aryl methyl sites for hydroxylation is 1. The number of nitrogens with one attached hydrogen (secondary N) is 5. The molecule has 0 saturated carbocycles. The largest absolute Gasteiger partial charge is 0.508 e. The van der Waals surface area contributed by atoms with Crippen molar-refractivity contribution in [2.75, 3.05) is 32.7 Å². The first-order chi connectivity index (χ1) is 34.4. The Hall–Kier alpha value is -5.34. The lowest BCUT2D eigenvalue weighted by atomic mass is 9.91. The number of fused-ring (bicyclic) bond motifs is 2. The number of aromatic hydroxyl groups is 1. The summed E-state index contributed by atoms with van der Waals surface area (Å²) in [6.07, 6.45) is 9.78. The Balaban J connectivity index is 0.00000329. The van der Waals surface area contributed by atoms with Gasteiger partial charge in [0, 0.05) is 52.0 Å². The Morgan fingerprint density at radius 3 is 2.03 bits per heavy atom. The summed E-state index contributed by atoms with van der Waals surface area (Å²) in [7, 11) is 0. The van der Waals surface area contributed by atoms with E-state index in [-0.39, 0.29) is 89.1 Å². The van der Waals surface area contributed by atoms with E-state index in [9.17, 15) is 48.6 Å². The van der Waals surface area contributed by atoms with Gasteiger partial charge in [-0.15, -0.1) is 0 Å². The van der Waals surface area contributed by atoms with Crippen LogP contribution in [0.2, 0.25) is 0 Å². The van der Waals surface area contributed by atoms with Crippen LogP contribution in [0.15, 0.2) is 24.3 Å². The van der Waals surface area contributed by atoms with Crippen LogP contribution < -0.4 is 43.8 Å². The van der Waals surface area contributed by atoms with Crippen molar-refractivity contribution in [2.45, 2.75) is 198 Å². The maximum atomic E-state index is 14.2. The molecule has 8 amide bonds. The van der Waals surface area contributed by atoms with Gasteiger partial charge in [-0.3, -0.25) is 38.4 Å². The fourth-order valence-electron chi connectivity index (χ4n) is 9.57. The lowest BCUT2D eigenvalue weighted by Gasteiger charge is -2.31. The molecule has 0 aliphatic carbocycles. The van der Waals surface area contributed by atoms with Crippen LogP contribution >= 0.6 is 0 Å². The van der Waals surface area contributed by atoms with E-state index in [0.717, 1.165) is 43.1 Å². The molecule has 0 radical (unpaired) electrons. The van der Waals surface area contributed by atoms with Crippen LogP contribution in [0.1, 0.15) is 155 Å². The van der Waals surface area contributed by atoms with Crippen LogP contribution in [0.25, 0.3) is 0 Å². The third kappa shape index (κ3) is 21.0. The molecule has 406 valence electrons. The van der Waals surface area contributed by atoms with Gasteiger partial charge in [-0.2, -0.15) is 0 Å². The van der Waals surface area contributed by atoms with Crippen molar-refractivity contribution >= 4 is 47.3 Å². The van der Waals surface area contributed by atoms with Crippen LogP contribution in [0, 0.1) is 11.8 Å². The minimum absolute atomic E-state index is 0.00985. The predicted molar refractivity (Wildman–Crippen MR) is 274 cm³/mol. The molecule has 3 aliphatic rings. The van der Waals surface area contributed by atoms with Crippen LogP contribution in [-0.2, 0) is 44.8 Å². The van der Waals surface area contributed by atoms with E-state index in [1.165, 1.54) is 47.6 Å². The van der Waals surface area contributed by atoms with Crippen molar-refractivity contribution in [3.63, 3.8) is 0 Å². The zero-order chi connectivity index (χ0) is 53.2. The van der Waals surface area contributed by atoms with E-state index in [1.807, 2.05) is 0 Å². The van der Waals surface area contributed by atoms with Gasteiger partial charge < -0.3 is 63.8 Å². The smallest absolute Gasteiger partial charge is 0.245 e. The molecule has 1 aromatic rings. The average Bonchev–Trinajstić information content (AvgIpc) is 4.02. The SMILES string of the molecule is CCC(C)CC(C)CCCCCCCCC(=O)N[C@H]1CCCNC(=O)[C@@H]2CCCN2C(=O)C(CCC(N)=O)NC(=O)C(CCc2ccc(O)cc2)NC(=O)C2C[C@@H](O)CN2C(=O)C(CC)NC1=O.NCCN. The normalized spacial score (nSPS) is 24.5. The number of aliphatic hydroxyl groups excluding tert-OH is 1. The number of rotatable bonds is 21. The maximum absolute atomic E-state index is 14.2. The highest BCUT2D eigenvalue weighted by Crippen LogP contribution is 2.24. The summed E-state index contributed by atoms with van der Waals surface area (Å²) >= 11 is 0. The van der Waals surface area contributed by atoms with E-state index < -0.39 is 83.7 Å². The molecule has 4 rings (SSSR count). The molecule has 20 heteroatoms. The standard InChI is InChI=1S/C50H80N8O10.C2H8N2/c1-5-32(3)29-33(4)15-11-9-7-8-10-12-18-44(62)53-38-16-13-27-52-47(65)41-17-14-28-57(41)50(68)40(25-26-43(51)61)56-46(64)39(24-21-34-19-22-35(59)23-20-34)55-48(66)42-30-36(60)31-58(42)49(67)37(6-2)54-45(38)63;3-1-2-4/h19-20,22-23,32-33,36-42,59-60H,5-18,21,24-31H2,1-4H3,(H2,51,61)(H,52,65)(H,53,62)(H,54,63)(H,55,66)(H,56,64);1-4H2/t32?,33?,36-,37?,38+,39?,40?,41+,42?;/m1./s1. The van der Waals surface area contributed by atoms with E-state index in [1.54, 1.807) is 19.1 Å². The van der Waals surface area contributed by atoms with Crippen LogP contribution in [0.4, 0.5) is 0 Å². The van der Waals surface area contributed by atoms with Crippen LogP contribution in [0.5, 0.6) is 5.75 Å². The number of hydrogen-bond donors (Lipinski definition) is 10. The fourth-order valence-corrected chi connectivity index (χ4v) is 9.57. The summed E-state index contributed by atoms with van der Waals surface area (Å²) in [4.78, 5) is 112. The van der Waals surface area contributed by atoms with Crippen LogP contribution in [-0.4, -0.2) is 142 Å². The second-order valence-electron chi connectivity index (χ2n) is 20.0. The van der Waals surface area contributed by atoms with Gasteiger partial charge in [0.2, 0.25) is 47.3 Å². The van der Waals surface area contributed by atoms with Crippen molar-refractivity contribution in [3.8, 4) is 5.75 Å². The highest BCUT2D eigenvalue weighted by atomic mass is 16.3. The Bertz CT molecular complexity index is 1890. The third-order valence-corrected chi connectivity index (χ3v) is 14.0. The molecule has 3 fully saturated rings. The van der Waals surface area contributed by atoms with Gasteiger partial charge in [-0.05, 0) is 93.7 Å². The summed E-state index contributed by atoms with van der Waals surface area (Å²) < 4.78 is 0. The maximum Gasteiger partial charge on any atom is 0.245 e. The monoisotopic (exact) mass is 1010 g/mol. The molecular weight excluding hydrogens is 925 g/mol. The molecule has 13 N–H and O–H groups in total. The molecule has 3 saturated heterocycles. The number of phenols is 1. The topological polar surface area (TPSA) is 322 Å². The van der Waals surface area contributed by atoms with E-state index in [0.29, 0.717) is 32.4 Å². The Morgan fingerprint density at radius 1 is 0.736 bits per heavy atom. The van der Waals surface area contributed by atoms with Crippen molar-refractivity contribution in [3.05, 3.63) is 29.8 Å². The average molecular weight is 1010 g/mol. The molecule has 3 aliphatic heterocycles. The number of benzene rings is 1. The highest BCUT2D eigenvalue weighted by molar-refractivity contribution is 5.97. The molecule has 0 bridgehead atoms. The van der Waals surface area contributed by atoms with Gasteiger partial charge in [0.25, 0.3) is 0 Å². The number of phenolic OH excluding ortho intramolecular Hbond substituents is 1. The van der Waals surface area contributed by atoms with Crippen molar-refractivity contribution in [2.24, 2.45) is 29.0 Å². The number of nitrogens with zero attached hydrogens (tertiary/aromatic N) is 2. The lowest BCUT2D eigenvalue weighted by molar-refractivity contribution is -0.143. The molecule has 0 aromatic heterocycles. The zero-order valence-corrected chi connectivity index (χ0v) is 43.5. The summed E-state index contributed by atoms with van der Waals surface area (Å²) in [5.74, 6) is -3.31. The summed E-state index contributed by atoms with van der Waals surface area (Å²) in [6.45, 7) is 9.85. The summed E-state index contributed by atoms with van der Waals surface area (Å²) in [6, 6.07) is -0.609. The Kier molecular flexibility index (Phi) is 27.7. The summed E-state index contributed by atoms with van der Waals surface area (Å²) in [5.41, 5.74) is 16.0. The molecule has 0 spiro atoms. The second-order valence-corrected chi connectivity index (χ2v) is 20.0. The van der Waals surface area contributed by atoms with Gasteiger partial charge >= 0.3 is 0 Å². The first kappa shape index (κ1) is 61.0. The molecular formula is C52H88N10O10. The molecule has 9 atom stereocenters. The molecule has 1 aromatic carbocycles. The van der Waals surface area contributed by atoms with Crippen molar-refractivity contribution in [1.29, 1.82) is 0 Å². The van der Waals surface area contributed by atoms with Gasteiger partial charge in [0.1, 0.15) is 42.0 Å². The van der Waals surface area contributed by atoms with Crippen LogP contribution in [0.3, 0.4) is 0 Å². The number of unbranched alkanes of at least 4 members (excludes halogenated alkanes) is 5. The minimum atomic E-state index is -1.29. The number of amides is 8.